The molecular formula is C11H14N2O4S. The van der Waals surface area contributed by atoms with Gasteiger partial charge in [-0.2, -0.15) is 0 Å². The SMILES string of the molecule is CN(C)C(=O)COC(=O)CNC(=O)c1cccs1. The highest BCUT2D eigenvalue weighted by Crippen LogP contribution is 2.07. The van der Waals surface area contributed by atoms with Gasteiger partial charge in [-0.3, -0.25) is 14.4 Å². The van der Waals surface area contributed by atoms with E-state index in [1.54, 1.807) is 31.6 Å². The molecule has 0 saturated carbocycles. The van der Waals surface area contributed by atoms with Crippen LogP contribution in [0.3, 0.4) is 0 Å². The number of likely N-dealkylation sites (N-methyl/N-ethyl adjacent to an activating group) is 1. The minimum atomic E-state index is -0.643. The lowest BCUT2D eigenvalue weighted by molar-refractivity contribution is -0.150. The van der Waals surface area contributed by atoms with Crippen molar-refractivity contribution in [3.05, 3.63) is 22.4 Å². The molecule has 0 fully saturated rings. The molecular weight excluding hydrogens is 256 g/mol. The lowest BCUT2D eigenvalue weighted by Gasteiger charge is -2.10. The van der Waals surface area contributed by atoms with Crippen LogP contribution in [-0.2, 0) is 14.3 Å². The number of hydrogen-bond donors (Lipinski definition) is 1. The summed E-state index contributed by atoms with van der Waals surface area (Å²) in [5.41, 5.74) is 0. The third-order valence-electron chi connectivity index (χ3n) is 1.99. The van der Waals surface area contributed by atoms with Crippen LogP contribution in [-0.4, -0.2) is 49.9 Å². The van der Waals surface area contributed by atoms with Gasteiger partial charge >= 0.3 is 5.97 Å². The largest absolute Gasteiger partial charge is 0.454 e. The van der Waals surface area contributed by atoms with Gasteiger partial charge in [-0.25, -0.2) is 0 Å². The van der Waals surface area contributed by atoms with Crippen LogP contribution in [0.2, 0.25) is 0 Å². The number of thiophene rings is 1. The van der Waals surface area contributed by atoms with Gasteiger partial charge in [0.1, 0.15) is 6.54 Å². The summed E-state index contributed by atoms with van der Waals surface area (Å²) in [6.45, 7) is -0.571. The summed E-state index contributed by atoms with van der Waals surface area (Å²) in [7, 11) is 3.13. The highest BCUT2D eigenvalue weighted by molar-refractivity contribution is 7.12. The zero-order valence-electron chi connectivity index (χ0n) is 10.1. The summed E-state index contributed by atoms with van der Waals surface area (Å²) in [6.07, 6.45) is 0. The Balaban J connectivity index is 2.25. The predicted octanol–water partition coefficient (Wildman–Crippen LogP) is 0.109. The number of nitrogens with zero attached hydrogens (tertiary/aromatic N) is 1. The Morgan fingerprint density at radius 2 is 2.11 bits per heavy atom. The summed E-state index contributed by atoms with van der Waals surface area (Å²) >= 11 is 1.28. The van der Waals surface area contributed by atoms with Crippen molar-refractivity contribution in [3.63, 3.8) is 0 Å². The first kappa shape index (κ1) is 14.2. The van der Waals surface area contributed by atoms with E-state index in [1.807, 2.05) is 0 Å². The fourth-order valence-corrected chi connectivity index (χ4v) is 1.61. The molecule has 0 atom stereocenters. The Morgan fingerprint density at radius 3 is 2.67 bits per heavy atom. The maximum absolute atomic E-state index is 11.5. The maximum Gasteiger partial charge on any atom is 0.325 e. The second-order valence-corrected chi connectivity index (χ2v) is 4.56. The fraction of sp³-hybridized carbons (Fsp3) is 0.364. The average molecular weight is 270 g/mol. The molecule has 0 aliphatic carbocycles. The van der Waals surface area contributed by atoms with Gasteiger partial charge in [0.2, 0.25) is 0 Å². The van der Waals surface area contributed by atoms with E-state index >= 15 is 0 Å². The summed E-state index contributed by atoms with van der Waals surface area (Å²) in [6, 6.07) is 3.40. The van der Waals surface area contributed by atoms with E-state index in [0.29, 0.717) is 4.88 Å². The van der Waals surface area contributed by atoms with Crippen LogP contribution < -0.4 is 5.32 Å². The predicted molar refractivity (Wildman–Crippen MR) is 66.3 cm³/mol. The Morgan fingerprint density at radius 1 is 1.39 bits per heavy atom. The van der Waals surface area contributed by atoms with Crippen molar-refractivity contribution in [2.24, 2.45) is 0 Å². The van der Waals surface area contributed by atoms with Crippen molar-refractivity contribution in [1.82, 2.24) is 10.2 Å². The summed E-state index contributed by atoms with van der Waals surface area (Å²) in [4.78, 5) is 35.7. The summed E-state index contributed by atoms with van der Waals surface area (Å²) in [5, 5.41) is 4.18. The molecule has 6 nitrogen and oxygen atoms in total. The van der Waals surface area contributed by atoms with Crippen LogP contribution in [0.25, 0.3) is 0 Å². The van der Waals surface area contributed by atoms with Crippen molar-refractivity contribution in [1.29, 1.82) is 0 Å². The van der Waals surface area contributed by atoms with E-state index in [1.165, 1.54) is 16.2 Å². The number of carbonyl (C=O) groups excluding carboxylic acids is 3. The Hall–Kier alpha value is -1.89. The normalized spacial score (nSPS) is 9.67. The van der Waals surface area contributed by atoms with Crippen molar-refractivity contribution < 1.29 is 19.1 Å². The van der Waals surface area contributed by atoms with Crippen molar-refractivity contribution in [2.45, 2.75) is 0 Å². The van der Waals surface area contributed by atoms with Crippen LogP contribution in [0.4, 0.5) is 0 Å². The van der Waals surface area contributed by atoms with Crippen LogP contribution in [0.5, 0.6) is 0 Å². The Labute approximate surface area is 109 Å². The van der Waals surface area contributed by atoms with Crippen molar-refractivity contribution >= 4 is 29.1 Å². The molecule has 0 spiro atoms. The minimum absolute atomic E-state index is 0.253. The fourth-order valence-electron chi connectivity index (χ4n) is 0.970. The minimum Gasteiger partial charge on any atom is -0.454 e. The standard InChI is InChI=1S/C11H14N2O4S/c1-13(2)9(14)7-17-10(15)6-12-11(16)8-4-3-5-18-8/h3-5H,6-7H2,1-2H3,(H,12,16). The topological polar surface area (TPSA) is 75.7 Å². The number of hydrogen-bond acceptors (Lipinski definition) is 5. The van der Waals surface area contributed by atoms with Gasteiger partial charge in [0.15, 0.2) is 6.61 Å². The molecule has 1 aromatic heterocycles. The van der Waals surface area contributed by atoms with Crippen LogP contribution >= 0.6 is 11.3 Å². The van der Waals surface area contributed by atoms with E-state index < -0.39 is 5.97 Å². The van der Waals surface area contributed by atoms with Gasteiger partial charge < -0.3 is 15.0 Å². The molecule has 1 N–H and O–H groups in total. The smallest absolute Gasteiger partial charge is 0.325 e. The van der Waals surface area contributed by atoms with Crippen molar-refractivity contribution in [3.8, 4) is 0 Å². The molecule has 0 aliphatic rings. The number of ether oxygens (including phenoxy) is 1. The van der Waals surface area contributed by atoms with Crippen LogP contribution in [0.15, 0.2) is 17.5 Å². The molecule has 98 valence electrons. The Kier molecular flexibility index (Phi) is 5.31. The van der Waals surface area contributed by atoms with E-state index in [9.17, 15) is 14.4 Å². The lowest BCUT2D eigenvalue weighted by atomic mass is 10.4. The van der Waals surface area contributed by atoms with Gasteiger partial charge in [-0.15, -0.1) is 11.3 Å². The molecule has 1 aromatic rings. The molecule has 0 unspecified atom stereocenters. The lowest BCUT2D eigenvalue weighted by Crippen LogP contribution is -2.33. The van der Waals surface area contributed by atoms with E-state index in [4.69, 9.17) is 4.74 Å². The highest BCUT2D eigenvalue weighted by atomic mass is 32.1. The molecule has 1 rings (SSSR count). The molecule has 0 aromatic carbocycles. The van der Waals surface area contributed by atoms with Gasteiger partial charge in [0.05, 0.1) is 4.88 Å². The Bertz CT molecular complexity index is 428. The maximum atomic E-state index is 11.5. The first-order chi connectivity index (χ1) is 8.50. The van der Waals surface area contributed by atoms with Crippen LogP contribution in [0, 0.1) is 0 Å². The van der Waals surface area contributed by atoms with Gasteiger partial charge in [-0.1, -0.05) is 6.07 Å². The van der Waals surface area contributed by atoms with Crippen molar-refractivity contribution in [2.75, 3.05) is 27.2 Å². The highest BCUT2D eigenvalue weighted by Gasteiger charge is 2.11. The zero-order valence-corrected chi connectivity index (χ0v) is 11.0. The molecule has 0 aliphatic heterocycles. The van der Waals surface area contributed by atoms with E-state index in [-0.39, 0.29) is 25.0 Å². The van der Waals surface area contributed by atoms with Gasteiger partial charge in [-0.05, 0) is 11.4 Å². The third-order valence-corrected chi connectivity index (χ3v) is 2.86. The molecule has 2 amide bonds. The third kappa shape index (κ3) is 4.54. The number of amides is 2. The summed E-state index contributed by atoms with van der Waals surface area (Å²) < 4.78 is 4.69. The quantitative estimate of drug-likeness (QED) is 0.770. The average Bonchev–Trinajstić information content (AvgIpc) is 2.86. The molecule has 0 bridgehead atoms. The second kappa shape index (κ2) is 6.75. The van der Waals surface area contributed by atoms with Crippen LogP contribution in [0.1, 0.15) is 9.67 Å². The molecule has 0 saturated heterocycles. The molecule has 0 radical (unpaired) electrons. The van der Waals surface area contributed by atoms with Gasteiger partial charge in [0, 0.05) is 14.1 Å². The first-order valence-corrected chi connectivity index (χ1v) is 6.06. The zero-order chi connectivity index (χ0) is 13.5. The van der Waals surface area contributed by atoms with E-state index in [0.717, 1.165) is 0 Å². The molecule has 1 heterocycles. The number of rotatable bonds is 5. The molecule has 7 heteroatoms. The number of esters is 1. The number of nitrogens with one attached hydrogen (secondary N) is 1. The monoisotopic (exact) mass is 270 g/mol. The molecule has 18 heavy (non-hydrogen) atoms. The summed E-state index contributed by atoms with van der Waals surface area (Å²) in [5.74, 6) is -1.29. The first-order valence-electron chi connectivity index (χ1n) is 5.18. The van der Waals surface area contributed by atoms with E-state index in [2.05, 4.69) is 5.32 Å². The van der Waals surface area contributed by atoms with Gasteiger partial charge in [0.25, 0.3) is 11.8 Å². The number of carbonyl (C=O) groups is 3. The second-order valence-electron chi connectivity index (χ2n) is 3.61.